The van der Waals surface area contributed by atoms with Gasteiger partial charge >= 0.3 is 5.97 Å². The first kappa shape index (κ1) is 8.60. The van der Waals surface area contributed by atoms with E-state index >= 15 is 0 Å². The van der Waals surface area contributed by atoms with Gasteiger partial charge < -0.3 is 4.74 Å². The molecule has 3 aliphatic carbocycles. The Bertz CT molecular complexity index is 324. The molecule has 1 aliphatic heterocycles. The molecule has 1 spiro atoms. The Labute approximate surface area is 90.4 Å². The molecule has 2 nitrogen and oxygen atoms in total. The van der Waals surface area contributed by atoms with E-state index in [2.05, 4.69) is 0 Å². The number of carbonyl (C=O) groups is 1. The average Bonchev–Trinajstić information content (AvgIpc) is 2.92. The third-order valence-corrected chi connectivity index (χ3v) is 5.67. The van der Waals surface area contributed by atoms with Gasteiger partial charge in [0.25, 0.3) is 0 Å². The van der Waals surface area contributed by atoms with Crippen LogP contribution in [0.5, 0.6) is 0 Å². The van der Waals surface area contributed by atoms with Crippen molar-refractivity contribution in [3.8, 4) is 0 Å². The molecule has 4 aliphatic rings. The first-order valence-electron chi connectivity index (χ1n) is 6.50. The van der Waals surface area contributed by atoms with E-state index in [0.717, 1.165) is 30.1 Å². The van der Waals surface area contributed by atoms with Gasteiger partial charge in [-0.3, -0.25) is 4.79 Å². The zero-order valence-corrected chi connectivity index (χ0v) is 9.08. The van der Waals surface area contributed by atoms with E-state index < -0.39 is 0 Å². The fraction of sp³-hybridized carbons (Fsp3) is 0.923. The highest BCUT2D eigenvalue weighted by atomic mass is 16.6. The summed E-state index contributed by atoms with van der Waals surface area (Å²) in [5.41, 5.74) is 0.0155. The minimum atomic E-state index is 0.0155. The molecular weight excluding hydrogens is 188 g/mol. The van der Waals surface area contributed by atoms with Crippen molar-refractivity contribution < 1.29 is 9.53 Å². The summed E-state index contributed by atoms with van der Waals surface area (Å²) in [5, 5.41) is 0. The summed E-state index contributed by atoms with van der Waals surface area (Å²) in [7, 11) is 0. The van der Waals surface area contributed by atoms with Crippen molar-refractivity contribution in [3.05, 3.63) is 0 Å². The molecule has 0 unspecified atom stereocenters. The van der Waals surface area contributed by atoms with Gasteiger partial charge in [-0.05, 0) is 56.3 Å². The number of ether oxygens (including phenoxy) is 1. The molecule has 0 radical (unpaired) electrons. The second-order valence-corrected chi connectivity index (χ2v) is 6.10. The minimum absolute atomic E-state index is 0.0155. The van der Waals surface area contributed by atoms with E-state index in [1.54, 1.807) is 0 Å². The van der Waals surface area contributed by atoms with Crippen LogP contribution >= 0.6 is 0 Å². The summed E-state index contributed by atoms with van der Waals surface area (Å²) >= 11 is 0. The van der Waals surface area contributed by atoms with E-state index in [9.17, 15) is 4.79 Å². The van der Waals surface area contributed by atoms with Crippen LogP contribution in [0.2, 0.25) is 0 Å². The van der Waals surface area contributed by atoms with Crippen molar-refractivity contribution in [2.75, 3.05) is 0 Å². The van der Waals surface area contributed by atoms with Crippen LogP contribution in [0.25, 0.3) is 0 Å². The third kappa shape index (κ3) is 0.938. The number of hydrogen-bond acceptors (Lipinski definition) is 2. The van der Waals surface area contributed by atoms with Crippen molar-refractivity contribution in [1.82, 2.24) is 0 Å². The van der Waals surface area contributed by atoms with E-state index in [4.69, 9.17) is 4.74 Å². The Balaban J connectivity index is 1.70. The molecule has 0 amide bonds. The smallest absolute Gasteiger partial charge is 0.306 e. The molecule has 1 heterocycles. The highest BCUT2D eigenvalue weighted by Gasteiger charge is 2.63. The molecule has 2 bridgehead atoms. The van der Waals surface area contributed by atoms with Crippen LogP contribution in [0.1, 0.15) is 44.9 Å². The molecule has 0 aromatic rings. The van der Waals surface area contributed by atoms with Crippen LogP contribution in [0.15, 0.2) is 0 Å². The summed E-state index contributed by atoms with van der Waals surface area (Å²) < 4.78 is 5.74. The first-order chi connectivity index (χ1) is 7.28. The van der Waals surface area contributed by atoms with Crippen molar-refractivity contribution in [3.63, 3.8) is 0 Å². The summed E-state index contributed by atoms with van der Waals surface area (Å²) in [5.74, 6) is 3.61. The van der Waals surface area contributed by atoms with Gasteiger partial charge in [-0.2, -0.15) is 0 Å². The number of esters is 1. The molecule has 0 aromatic heterocycles. The molecule has 0 N–H and O–H groups in total. The molecule has 4 fully saturated rings. The average molecular weight is 206 g/mol. The number of hydrogen-bond donors (Lipinski definition) is 0. The zero-order chi connectivity index (χ0) is 10.0. The maximum Gasteiger partial charge on any atom is 0.306 e. The lowest BCUT2D eigenvalue weighted by Crippen LogP contribution is -2.38. The fourth-order valence-corrected chi connectivity index (χ4v) is 5.28. The summed E-state index contributed by atoms with van der Waals surface area (Å²) in [6.07, 6.45) is 8.51. The predicted octanol–water partition coefficient (Wildman–Crippen LogP) is 2.52. The largest absolute Gasteiger partial charge is 0.459 e. The lowest BCUT2D eigenvalue weighted by molar-refractivity contribution is -0.153. The third-order valence-electron chi connectivity index (χ3n) is 5.67. The maximum atomic E-state index is 11.4. The molecule has 2 heteroatoms. The van der Waals surface area contributed by atoms with Gasteiger partial charge in [0.05, 0.1) is 0 Å². The Morgan fingerprint density at radius 2 is 2.00 bits per heavy atom. The van der Waals surface area contributed by atoms with Gasteiger partial charge in [0.1, 0.15) is 5.60 Å². The highest BCUT2D eigenvalue weighted by Crippen LogP contribution is 2.64. The number of fused-ring (bicyclic) bond motifs is 6. The van der Waals surface area contributed by atoms with Gasteiger partial charge in [-0.25, -0.2) is 0 Å². The van der Waals surface area contributed by atoms with E-state index in [-0.39, 0.29) is 11.6 Å². The minimum Gasteiger partial charge on any atom is -0.459 e. The molecule has 3 saturated carbocycles. The van der Waals surface area contributed by atoms with Crippen LogP contribution in [0, 0.1) is 23.7 Å². The Kier molecular flexibility index (Phi) is 1.48. The second kappa shape index (κ2) is 2.58. The molecule has 82 valence electrons. The maximum absolute atomic E-state index is 11.4. The number of carbonyl (C=O) groups excluding carboxylic acids is 1. The van der Waals surface area contributed by atoms with Crippen LogP contribution in [-0.2, 0) is 9.53 Å². The standard InChI is InChI=1S/C13H18O2/c14-11-4-6-13(15-11)5-3-10-8-1-2-9(7-8)12(10)13/h8-10,12H,1-7H2/t8-,9-,10-,12-,13-/m0/s1. The molecular formula is C13H18O2. The summed E-state index contributed by atoms with van der Waals surface area (Å²) in [6.45, 7) is 0. The van der Waals surface area contributed by atoms with Crippen molar-refractivity contribution in [2.24, 2.45) is 23.7 Å². The SMILES string of the molecule is O=C1CC[C@]2(CC[C@H]3[C@H]4CC[C@@H](C4)[C@@H]32)O1. The number of rotatable bonds is 0. The van der Waals surface area contributed by atoms with Gasteiger partial charge in [-0.1, -0.05) is 0 Å². The van der Waals surface area contributed by atoms with Crippen LogP contribution in [0.4, 0.5) is 0 Å². The summed E-state index contributed by atoms with van der Waals surface area (Å²) in [4.78, 5) is 11.4. The second-order valence-electron chi connectivity index (χ2n) is 6.10. The topological polar surface area (TPSA) is 26.3 Å². The molecule has 1 saturated heterocycles. The molecule has 4 rings (SSSR count). The zero-order valence-electron chi connectivity index (χ0n) is 9.08. The van der Waals surface area contributed by atoms with Crippen molar-refractivity contribution >= 4 is 5.97 Å². The van der Waals surface area contributed by atoms with E-state index in [1.807, 2.05) is 0 Å². The Morgan fingerprint density at radius 3 is 2.80 bits per heavy atom. The monoisotopic (exact) mass is 206 g/mol. The first-order valence-corrected chi connectivity index (χ1v) is 6.50. The van der Waals surface area contributed by atoms with Crippen LogP contribution in [0.3, 0.4) is 0 Å². The van der Waals surface area contributed by atoms with Gasteiger partial charge in [0.15, 0.2) is 0 Å². The quantitative estimate of drug-likeness (QED) is 0.569. The highest BCUT2D eigenvalue weighted by molar-refractivity contribution is 5.72. The van der Waals surface area contributed by atoms with Crippen LogP contribution in [-0.4, -0.2) is 11.6 Å². The Hall–Kier alpha value is -0.530. The van der Waals surface area contributed by atoms with Gasteiger partial charge in [0, 0.05) is 12.3 Å². The molecule has 15 heavy (non-hydrogen) atoms. The summed E-state index contributed by atoms with van der Waals surface area (Å²) in [6, 6.07) is 0. The van der Waals surface area contributed by atoms with Gasteiger partial charge in [-0.15, -0.1) is 0 Å². The van der Waals surface area contributed by atoms with E-state index in [1.165, 1.54) is 32.1 Å². The predicted molar refractivity (Wildman–Crippen MR) is 55.1 cm³/mol. The van der Waals surface area contributed by atoms with Crippen LogP contribution < -0.4 is 0 Å². The van der Waals surface area contributed by atoms with E-state index in [0.29, 0.717) is 6.42 Å². The Morgan fingerprint density at radius 1 is 1.13 bits per heavy atom. The molecule has 5 atom stereocenters. The van der Waals surface area contributed by atoms with Gasteiger partial charge in [0.2, 0.25) is 0 Å². The lowest BCUT2D eigenvalue weighted by atomic mass is 9.75. The fourth-order valence-electron chi connectivity index (χ4n) is 5.28. The lowest BCUT2D eigenvalue weighted by Gasteiger charge is -2.35. The normalized spacial score (nSPS) is 56.4. The molecule has 0 aromatic carbocycles. The van der Waals surface area contributed by atoms with Crippen molar-refractivity contribution in [1.29, 1.82) is 0 Å². The van der Waals surface area contributed by atoms with Crippen molar-refractivity contribution in [2.45, 2.75) is 50.5 Å².